The number of rotatable bonds is 4. The highest BCUT2D eigenvalue weighted by molar-refractivity contribution is 7.99. The minimum atomic E-state index is -0.409. The molecule has 0 amide bonds. The number of nitrogens with zero attached hydrogens (tertiary/aromatic N) is 2. The van der Waals surface area contributed by atoms with E-state index >= 15 is 0 Å². The van der Waals surface area contributed by atoms with Gasteiger partial charge >= 0.3 is 0 Å². The summed E-state index contributed by atoms with van der Waals surface area (Å²) in [5, 5.41) is 0. The molecule has 0 radical (unpaired) electrons. The van der Waals surface area contributed by atoms with E-state index in [4.69, 9.17) is 0 Å². The lowest BCUT2D eigenvalue weighted by atomic mass is 10.1. The summed E-state index contributed by atoms with van der Waals surface area (Å²) in [5.41, 5.74) is 0.357. The number of ketones is 1. The summed E-state index contributed by atoms with van der Waals surface area (Å²) >= 11 is 1.96. The van der Waals surface area contributed by atoms with Gasteiger partial charge in [-0.3, -0.25) is 14.7 Å². The standard InChI is InChI=1S/C13H17FN2OS/c1-10-9-18-7-6-16(10)5-4-13(17)12-3-2-11(14)8-15-12/h2-3,8,10H,4-7,9H2,1H3. The summed E-state index contributed by atoms with van der Waals surface area (Å²) in [6.07, 6.45) is 1.54. The van der Waals surface area contributed by atoms with Crippen LogP contribution in [0.2, 0.25) is 0 Å². The molecule has 98 valence electrons. The lowest BCUT2D eigenvalue weighted by Gasteiger charge is -2.32. The van der Waals surface area contributed by atoms with Crippen LogP contribution in [0.3, 0.4) is 0 Å². The summed E-state index contributed by atoms with van der Waals surface area (Å²) in [6.45, 7) is 3.99. The van der Waals surface area contributed by atoms with E-state index in [0.29, 0.717) is 18.2 Å². The lowest BCUT2D eigenvalue weighted by molar-refractivity contribution is 0.0953. The first-order valence-electron chi connectivity index (χ1n) is 6.13. The molecule has 2 rings (SSSR count). The van der Waals surface area contributed by atoms with Crippen molar-refractivity contribution in [3.8, 4) is 0 Å². The molecule has 1 aliphatic rings. The number of pyridine rings is 1. The largest absolute Gasteiger partial charge is 0.299 e. The molecule has 3 nitrogen and oxygen atoms in total. The Hall–Kier alpha value is -0.940. The van der Waals surface area contributed by atoms with Crippen LogP contribution in [0.25, 0.3) is 0 Å². The Balaban J connectivity index is 1.86. The van der Waals surface area contributed by atoms with E-state index in [1.54, 1.807) is 0 Å². The van der Waals surface area contributed by atoms with Crippen LogP contribution in [-0.2, 0) is 0 Å². The van der Waals surface area contributed by atoms with E-state index in [1.807, 2.05) is 11.8 Å². The second-order valence-corrected chi connectivity index (χ2v) is 5.64. The van der Waals surface area contributed by atoms with Gasteiger partial charge in [0.25, 0.3) is 0 Å². The molecule has 1 aromatic heterocycles. The van der Waals surface area contributed by atoms with E-state index in [-0.39, 0.29) is 5.78 Å². The molecule has 1 atom stereocenters. The van der Waals surface area contributed by atoms with Gasteiger partial charge in [0.2, 0.25) is 0 Å². The molecular formula is C13H17FN2OS. The van der Waals surface area contributed by atoms with Gasteiger partial charge in [-0.05, 0) is 19.1 Å². The molecule has 1 saturated heterocycles. The van der Waals surface area contributed by atoms with Crippen molar-refractivity contribution >= 4 is 17.5 Å². The number of carbonyl (C=O) groups excluding carboxylic acids is 1. The number of aromatic nitrogens is 1. The molecule has 2 heterocycles. The maximum atomic E-state index is 12.7. The van der Waals surface area contributed by atoms with Crippen LogP contribution in [0, 0.1) is 5.82 Å². The topological polar surface area (TPSA) is 33.2 Å². The van der Waals surface area contributed by atoms with E-state index in [1.165, 1.54) is 12.1 Å². The van der Waals surface area contributed by atoms with Crippen molar-refractivity contribution in [3.05, 3.63) is 29.8 Å². The quantitative estimate of drug-likeness (QED) is 0.784. The van der Waals surface area contributed by atoms with Gasteiger partial charge in [0, 0.05) is 37.1 Å². The van der Waals surface area contributed by atoms with E-state index in [0.717, 1.165) is 30.8 Å². The van der Waals surface area contributed by atoms with Crippen LogP contribution in [0.15, 0.2) is 18.3 Å². The molecule has 5 heteroatoms. The Morgan fingerprint density at radius 2 is 2.44 bits per heavy atom. The maximum absolute atomic E-state index is 12.7. The van der Waals surface area contributed by atoms with Gasteiger partial charge < -0.3 is 0 Å². The van der Waals surface area contributed by atoms with Crippen LogP contribution in [0.5, 0.6) is 0 Å². The van der Waals surface area contributed by atoms with Gasteiger partial charge in [0.15, 0.2) is 5.78 Å². The molecule has 0 aromatic carbocycles. The predicted molar refractivity (Wildman–Crippen MR) is 71.5 cm³/mol. The van der Waals surface area contributed by atoms with Crippen molar-refractivity contribution in [3.63, 3.8) is 0 Å². The average molecular weight is 268 g/mol. The maximum Gasteiger partial charge on any atom is 0.182 e. The number of carbonyl (C=O) groups is 1. The Morgan fingerprint density at radius 3 is 3.11 bits per heavy atom. The number of thioether (sulfide) groups is 1. The molecule has 1 unspecified atom stereocenters. The third kappa shape index (κ3) is 3.53. The zero-order valence-corrected chi connectivity index (χ0v) is 11.3. The Morgan fingerprint density at radius 1 is 1.61 bits per heavy atom. The summed E-state index contributed by atoms with van der Waals surface area (Å²) < 4.78 is 12.7. The molecule has 1 fully saturated rings. The smallest absolute Gasteiger partial charge is 0.182 e. The first-order valence-corrected chi connectivity index (χ1v) is 7.29. The van der Waals surface area contributed by atoms with Crippen molar-refractivity contribution < 1.29 is 9.18 Å². The second-order valence-electron chi connectivity index (χ2n) is 4.49. The fourth-order valence-corrected chi connectivity index (χ4v) is 3.09. The molecule has 0 aliphatic carbocycles. The van der Waals surface area contributed by atoms with E-state index < -0.39 is 5.82 Å². The molecule has 1 aliphatic heterocycles. The minimum Gasteiger partial charge on any atom is -0.299 e. The lowest BCUT2D eigenvalue weighted by Crippen LogP contribution is -2.41. The molecule has 0 N–H and O–H groups in total. The number of halogens is 1. The predicted octanol–water partition coefficient (Wildman–Crippen LogP) is 2.23. The molecular weight excluding hydrogens is 251 g/mol. The molecule has 0 bridgehead atoms. The summed E-state index contributed by atoms with van der Waals surface area (Å²) in [6, 6.07) is 3.26. The summed E-state index contributed by atoms with van der Waals surface area (Å²) in [4.78, 5) is 18.0. The molecule has 0 spiro atoms. The van der Waals surface area contributed by atoms with Crippen molar-refractivity contribution in [2.75, 3.05) is 24.6 Å². The monoisotopic (exact) mass is 268 g/mol. The van der Waals surface area contributed by atoms with Crippen LogP contribution < -0.4 is 0 Å². The molecule has 18 heavy (non-hydrogen) atoms. The van der Waals surface area contributed by atoms with Gasteiger partial charge in [-0.2, -0.15) is 11.8 Å². The third-order valence-corrected chi connectivity index (χ3v) is 4.33. The van der Waals surface area contributed by atoms with Crippen LogP contribution in [0.4, 0.5) is 4.39 Å². The SMILES string of the molecule is CC1CSCCN1CCC(=O)c1ccc(F)cn1. The average Bonchev–Trinajstić information content (AvgIpc) is 2.38. The summed E-state index contributed by atoms with van der Waals surface area (Å²) in [7, 11) is 0. The van der Waals surface area contributed by atoms with Gasteiger partial charge in [0.1, 0.15) is 11.5 Å². The summed E-state index contributed by atoms with van der Waals surface area (Å²) in [5.74, 6) is 1.84. The first kappa shape index (κ1) is 13.5. The van der Waals surface area contributed by atoms with Gasteiger partial charge in [0.05, 0.1) is 6.20 Å². The minimum absolute atomic E-state index is 0.0135. The Kier molecular flexibility index (Phi) is 4.72. The van der Waals surface area contributed by atoms with Crippen molar-refractivity contribution in [2.24, 2.45) is 0 Å². The van der Waals surface area contributed by atoms with E-state index in [9.17, 15) is 9.18 Å². The highest BCUT2D eigenvalue weighted by Crippen LogP contribution is 2.16. The molecule has 0 saturated carbocycles. The van der Waals surface area contributed by atoms with Crippen molar-refractivity contribution in [2.45, 2.75) is 19.4 Å². The second kappa shape index (κ2) is 6.29. The fourth-order valence-electron chi connectivity index (χ4n) is 2.01. The van der Waals surface area contributed by atoms with Crippen LogP contribution >= 0.6 is 11.8 Å². The number of hydrogen-bond donors (Lipinski definition) is 0. The van der Waals surface area contributed by atoms with Gasteiger partial charge in [-0.15, -0.1) is 0 Å². The fraction of sp³-hybridized carbons (Fsp3) is 0.538. The van der Waals surface area contributed by atoms with Crippen LogP contribution in [0.1, 0.15) is 23.8 Å². The zero-order chi connectivity index (χ0) is 13.0. The van der Waals surface area contributed by atoms with Crippen molar-refractivity contribution in [1.29, 1.82) is 0 Å². The van der Waals surface area contributed by atoms with Crippen molar-refractivity contribution in [1.82, 2.24) is 9.88 Å². The highest BCUT2D eigenvalue weighted by atomic mass is 32.2. The number of hydrogen-bond acceptors (Lipinski definition) is 4. The highest BCUT2D eigenvalue weighted by Gasteiger charge is 2.19. The molecule has 1 aromatic rings. The number of Topliss-reactive ketones (excluding diaryl/α,β-unsaturated/α-hetero) is 1. The normalized spacial score (nSPS) is 20.9. The van der Waals surface area contributed by atoms with E-state index in [2.05, 4.69) is 16.8 Å². The Bertz CT molecular complexity index is 410. The first-order chi connectivity index (χ1) is 8.66. The zero-order valence-electron chi connectivity index (χ0n) is 10.4. The van der Waals surface area contributed by atoms with Crippen LogP contribution in [-0.4, -0.2) is 46.3 Å². The van der Waals surface area contributed by atoms with Gasteiger partial charge in [-0.25, -0.2) is 4.39 Å². The Labute approximate surface area is 111 Å². The third-order valence-electron chi connectivity index (χ3n) is 3.14. The van der Waals surface area contributed by atoms with Gasteiger partial charge in [-0.1, -0.05) is 0 Å².